The lowest BCUT2D eigenvalue weighted by Gasteiger charge is -2.23. The zero-order chi connectivity index (χ0) is 26.7. The third kappa shape index (κ3) is 5.50. The molecule has 9 nitrogen and oxygen atoms in total. The molecule has 0 spiro atoms. The highest BCUT2D eigenvalue weighted by Crippen LogP contribution is 2.33. The number of fused-ring (bicyclic) bond motifs is 1. The van der Waals surface area contributed by atoms with Gasteiger partial charge in [0.15, 0.2) is 0 Å². The molecule has 3 heterocycles. The summed E-state index contributed by atoms with van der Waals surface area (Å²) in [6.07, 6.45) is 4.07. The quantitative estimate of drug-likeness (QED) is 0.342. The minimum Gasteiger partial charge on any atom is -0.497 e. The third-order valence-corrected chi connectivity index (χ3v) is 6.02. The van der Waals surface area contributed by atoms with E-state index < -0.39 is 0 Å². The van der Waals surface area contributed by atoms with Crippen molar-refractivity contribution in [2.75, 3.05) is 19.5 Å². The molecule has 4 aromatic rings. The molecule has 4 rings (SSSR count). The molecule has 0 saturated carbocycles. The standard InChI is InChI=1S/C28H33N5O4/c1-8-20-17(2)32-33(28(3,4)5)27(20)31-26(34)15-23-25(36-7)14-19(16-30-23)37-24-11-12-29-22-10-9-18(35-6)13-21(22)24/h9-14,16H,8,15H2,1-7H3,(H,31,34). The van der Waals surface area contributed by atoms with Gasteiger partial charge in [-0.3, -0.25) is 14.8 Å². The van der Waals surface area contributed by atoms with Crippen molar-refractivity contribution in [2.24, 2.45) is 0 Å². The first-order valence-electron chi connectivity index (χ1n) is 12.2. The fourth-order valence-corrected chi connectivity index (χ4v) is 4.19. The number of aryl methyl sites for hydroxylation is 1. The Hall–Kier alpha value is -4.14. The second-order valence-electron chi connectivity index (χ2n) is 9.69. The Morgan fingerprint density at radius 2 is 1.81 bits per heavy atom. The fourth-order valence-electron chi connectivity index (χ4n) is 4.19. The van der Waals surface area contributed by atoms with E-state index in [0.29, 0.717) is 28.7 Å². The molecule has 0 aliphatic carbocycles. The molecule has 0 bridgehead atoms. The fraction of sp³-hybridized carbons (Fsp3) is 0.357. The molecule has 1 amide bonds. The van der Waals surface area contributed by atoms with Crippen LogP contribution in [-0.2, 0) is 23.2 Å². The molecule has 0 aliphatic heterocycles. The minimum absolute atomic E-state index is 0.0381. The van der Waals surface area contributed by atoms with Gasteiger partial charge in [0.1, 0.15) is 28.8 Å². The van der Waals surface area contributed by atoms with E-state index in [2.05, 4.69) is 48.1 Å². The van der Waals surface area contributed by atoms with E-state index in [-0.39, 0.29) is 17.9 Å². The molecular weight excluding hydrogens is 470 g/mol. The van der Waals surface area contributed by atoms with Crippen LogP contribution in [0.3, 0.4) is 0 Å². The number of pyridine rings is 2. The molecule has 1 aromatic carbocycles. The lowest BCUT2D eigenvalue weighted by atomic mass is 10.1. The van der Waals surface area contributed by atoms with Crippen LogP contribution in [0.1, 0.15) is 44.6 Å². The number of anilines is 1. The first kappa shape index (κ1) is 25.9. The van der Waals surface area contributed by atoms with Crippen molar-refractivity contribution in [3.05, 3.63) is 59.7 Å². The van der Waals surface area contributed by atoms with Crippen LogP contribution in [0.2, 0.25) is 0 Å². The van der Waals surface area contributed by atoms with E-state index in [1.165, 1.54) is 0 Å². The first-order valence-corrected chi connectivity index (χ1v) is 12.2. The van der Waals surface area contributed by atoms with Crippen LogP contribution in [0.4, 0.5) is 5.82 Å². The molecule has 0 atom stereocenters. The van der Waals surface area contributed by atoms with Crippen molar-refractivity contribution in [3.8, 4) is 23.0 Å². The molecule has 9 heteroatoms. The lowest BCUT2D eigenvalue weighted by molar-refractivity contribution is -0.115. The molecule has 37 heavy (non-hydrogen) atoms. The van der Waals surface area contributed by atoms with E-state index >= 15 is 0 Å². The maximum atomic E-state index is 13.1. The van der Waals surface area contributed by atoms with Crippen LogP contribution in [0, 0.1) is 6.92 Å². The number of carbonyl (C=O) groups excluding carboxylic acids is 1. The largest absolute Gasteiger partial charge is 0.497 e. The normalized spacial score (nSPS) is 11.4. The maximum Gasteiger partial charge on any atom is 0.231 e. The minimum atomic E-state index is -0.281. The zero-order valence-electron chi connectivity index (χ0n) is 22.4. The third-order valence-electron chi connectivity index (χ3n) is 6.02. The lowest BCUT2D eigenvalue weighted by Crippen LogP contribution is -2.27. The number of hydrogen-bond acceptors (Lipinski definition) is 7. The second kappa shape index (κ2) is 10.5. The van der Waals surface area contributed by atoms with Crippen molar-refractivity contribution in [1.29, 1.82) is 0 Å². The van der Waals surface area contributed by atoms with Crippen LogP contribution in [0.15, 0.2) is 42.7 Å². The highest BCUT2D eigenvalue weighted by molar-refractivity contribution is 5.92. The molecule has 0 unspecified atom stereocenters. The van der Waals surface area contributed by atoms with Crippen molar-refractivity contribution in [3.63, 3.8) is 0 Å². The first-order chi connectivity index (χ1) is 17.6. The Morgan fingerprint density at radius 3 is 2.49 bits per heavy atom. The van der Waals surface area contributed by atoms with Crippen molar-refractivity contribution in [1.82, 2.24) is 19.7 Å². The van der Waals surface area contributed by atoms with Gasteiger partial charge in [0.2, 0.25) is 5.91 Å². The van der Waals surface area contributed by atoms with Gasteiger partial charge in [-0.1, -0.05) is 6.92 Å². The van der Waals surface area contributed by atoms with Gasteiger partial charge in [-0.2, -0.15) is 5.10 Å². The molecular formula is C28H33N5O4. The van der Waals surface area contributed by atoms with Crippen LogP contribution in [0.5, 0.6) is 23.0 Å². The zero-order valence-corrected chi connectivity index (χ0v) is 22.4. The molecule has 0 radical (unpaired) electrons. The Labute approximate surface area is 216 Å². The van der Waals surface area contributed by atoms with Crippen LogP contribution < -0.4 is 19.5 Å². The summed E-state index contributed by atoms with van der Waals surface area (Å²) < 4.78 is 18.9. The van der Waals surface area contributed by atoms with Crippen LogP contribution in [0.25, 0.3) is 10.9 Å². The molecule has 3 aromatic heterocycles. The second-order valence-corrected chi connectivity index (χ2v) is 9.69. The summed E-state index contributed by atoms with van der Waals surface area (Å²) in [6.45, 7) is 10.2. The number of nitrogens with zero attached hydrogens (tertiary/aromatic N) is 4. The number of amides is 1. The smallest absolute Gasteiger partial charge is 0.231 e. The number of methoxy groups -OCH3 is 2. The molecule has 0 aliphatic rings. The van der Waals surface area contributed by atoms with Crippen LogP contribution >= 0.6 is 0 Å². The topological polar surface area (TPSA) is 100 Å². The van der Waals surface area contributed by atoms with Gasteiger partial charge in [-0.15, -0.1) is 0 Å². The van der Waals surface area contributed by atoms with Crippen molar-refractivity contribution < 1.29 is 19.0 Å². The number of nitrogens with one attached hydrogen (secondary N) is 1. The average molecular weight is 504 g/mol. The van der Waals surface area contributed by atoms with Gasteiger partial charge in [0.25, 0.3) is 0 Å². The van der Waals surface area contributed by atoms with Gasteiger partial charge in [0, 0.05) is 23.2 Å². The van der Waals surface area contributed by atoms with Crippen LogP contribution in [-0.4, -0.2) is 39.9 Å². The number of ether oxygens (including phenoxy) is 3. The molecule has 1 N–H and O–H groups in total. The predicted molar refractivity (Wildman–Crippen MR) is 143 cm³/mol. The number of rotatable bonds is 8. The maximum absolute atomic E-state index is 13.1. The summed E-state index contributed by atoms with van der Waals surface area (Å²) in [6, 6.07) is 9.10. The van der Waals surface area contributed by atoms with Gasteiger partial charge in [-0.05, 0) is 58.4 Å². The van der Waals surface area contributed by atoms with E-state index in [1.807, 2.05) is 29.8 Å². The van der Waals surface area contributed by atoms with Gasteiger partial charge >= 0.3 is 0 Å². The highest BCUT2D eigenvalue weighted by Gasteiger charge is 2.24. The number of aromatic nitrogens is 4. The highest BCUT2D eigenvalue weighted by atomic mass is 16.5. The summed E-state index contributed by atoms with van der Waals surface area (Å²) in [5.74, 6) is 2.77. The summed E-state index contributed by atoms with van der Waals surface area (Å²) in [5, 5.41) is 8.53. The monoisotopic (exact) mass is 503 g/mol. The summed E-state index contributed by atoms with van der Waals surface area (Å²) in [4.78, 5) is 22.0. The van der Waals surface area contributed by atoms with E-state index in [4.69, 9.17) is 14.2 Å². The molecule has 0 fully saturated rings. The van der Waals surface area contributed by atoms with Gasteiger partial charge in [-0.25, -0.2) is 4.68 Å². The van der Waals surface area contributed by atoms with E-state index in [0.717, 1.165) is 34.4 Å². The summed E-state index contributed by atoms with van der Waals surface area (Å²) in [5.41, 5.74) is 2.93. The SMILES string of the molecule is CCc1c(C)nn(C(C)(C)C)c1NC(=O)Cc1ncc(Oc2ccnc3ccc(OC)cc23)cc1OC. The van der Waals surface area contributed by atoms with Crippen molar-refractivity contribution in [2.45, 2.75) is 53.0 Å². The number of carbonyl (C=O) groups is 1. The predicted octanol–water partition coefficient (Wildman–Crippen LogP) is 5.44. The number of hydrogen-bond donors (Lipinski definition) is 1. The van der Waals surface area contributed by atoms with E-state index in [1.54, 1.807) is 38.7 Å². The van der Waals surface area contributed by atoms with Gasteiger partial charge in [0.05, 0.1) is 49.3 Å². The Balaban J connectivity index is 1.57. The summed E-state index contributed by atoms with van der Waals surface area (Å²) >= 11 is 0. The summed E-state index contributed by atoms with van der Waals surface area (Å²) in [7, 11) is 3.16. The Morgan fingerprint density at radius 1 is 1.03 bits per heavy atom. The Kier molecular flexibility index (Phi) is 7.33. The average Bonchev–Trinajstić information content (AvgIpc) is 3.19. The Bertz CT molecular complexity index is 1440. The van der Waals surface area contributed by atoms with E-state index in [9.17, 15) is 4.79 Å². The van der Waals surface area contributed by atoms with Crippen molar-refractivity contribution >= 4 is 22.6 Å². The number of benzene rings is 1. The molecule has 194 valence electrons. The molecule has 0 saturated heterocycles. The van der Waals surface area contributed by atoms with Gasteiger partial charge < -0.3 is 19.5 Å².